The molecule has 27 heavy (non-hydrogen) atoms. The SMILES string of the molecule is CNCCC1CCN(C(=O)c2cccc(S(=O)(=O)N3CCCCC3)c2)CC1. The van der Waals surface area contributed by atoms with Crippen LogP contribution in [0.5, 0.6) is 0 Å². The Bertz CT molecular complexity index is 737. The number of likely N-dealkylation sites (tertiary alicyclic amines) is 1. The molecule has 2 fully saturated rings. The summed E-state index contributed by atoms with van der Waals surface area (Å²) in [6.07, 6.45) is 6.05. The number of nitrogens with zero attached hydrogens (tertiary/aromatic N) is 2. The van der Waals surface area contributed by atoms with Crippen LogP contribution < -0.4 is 5.32 Å². The molecule has 0 radical (unpaired) electrons. The third-order valence-electron chi connectivity index (χ3n) is 5.74. The molecule has 0 aliphatic carbocycles. The highest BCUT2D eigenvalue weighted by Gasteiger charge is 2.28. The predicted molar refractivity (Wildman–Crippen MR) is 106 cm³/mol. The Morgan fingerprint density at radius 2 is 1.81 bits per heavy atom. The first-order chi connectivity index (χ1) is 13.0. The monoisotopic (exact) mass is 393 g/mol. The lowest BCUT2D eigenvalue weighted by Gasteiger charge is -2.32. The normalized spacial score (nSPS) is 20.0. The number of nitrogens with one attached hydrogen (secondary N) is 1. The van der Waals surface area contributed by atoms with E-state index in [1.807, 2.05) is 11.9 Å². The standard InChI is InChI=1S/C20H31N3O3S/c1-21-11-8-17-9-14-22(15-10-17)20(24)18-6-5-7-19(16-18)27(25,26)23-12-3-2-4-13-23/h5-7,16-17,21H,2-4,8-15H2,1H3. The van der Waals surface area contributed by atoms with Crippen molar-refractivity contribution >= 4 is 15.9 Å². The second kappa shape index (κ2) is 9.17. The van der Waals surface area contributed by atoms with E-state index in [4.69, 9.17) is 0 Å². The number of carbonyl (C=O) groups excluding carboxylic acids is 1. The van der Waals surface area contributed by atoms with Crippen molar-refractivity contribution in [2.24, 2.45) is 5.92 Å². The van der Waals surface area contributed by atoms with Crippen LogP contribution in [0.15, 0.2) is 29.2 Å². The molecule has 0 unspecified atom stereocenters. The van der Waals surface area contributed by atoms with Gasteiger partial charge in [-0.1, -0.05) is 12.5 Å². The highest BCUT2D eigenvalue weighted by atomic mass is 32.2. The van der Waals surface area contributed by atoms with Gasteiger partial charge in [0.15, 0.2) is 0 Å². The minimum atomic E-state index is -3.51. The molecule has 150 valence electrons. The molecular weight excluding hydrogens is 362 g/mol. The molecule has 1 N–H and O–H groups in total. The third kappa shape index (κ3) is 4.89. The minimum Gasteiger partial charge on any atom is -0.339 e. The van der Waals surface area contributed by atoms with E-state index in [-0.39, 0.29) is 10.8 Å². The van der Waals surface area contributed by atoms with Crippen LogP contribution in [0, 0.1) is 5.92 Å². The summed E-state index contributed by atoms with van der Waals surface area (Å²) in [6.45, 7) is 3.64. The molecule has 0 spiro atoms. The van der Waals surface area contributed by atoms with Crippen LogP contribution in [0.25, 0.3) is 0 Å². The Hall–Kier alpha value is -1.44. The van der Waals surface area contributed by atoms with Crippen molar-refractivity contribution in [1.29, 1.82) is 0 Å². The van der Waals surface area contributed by atoms with Crippen molar-refractivity contribution in [3.05, 3.63) is 29.8 Å². The molecule has 0 aromatic heterocycles. The maximum Gasteiger partial charge on any atom is 0.253 e. The Morgan fingerprint density at radius 1 is 1.11 bits per heavy atom. The Labute approximate surface area is 163 Å². The van der Waals surface area contributed by atoms with Gasteiger partial charge in [0.05, 0.1) is 4.90 Å². The molecule has 1 amide bonds. The van der Waals surface area contributed by atoms with Gasteiger partial charge in [-0.25, -0.2) is 8.42 Å². The van der Waals surface area contributed by atoms with Crippen molar-refractivity contribution in [2.75, 3.05) is 39.8 Å². The molecule has 2 aliphatic rings. The van der Waals surface area contributed by atoms with Gasteiger partial charge in [0.25, 0.3) is 5.91 Å². The summed E-state index contributed by atoms with van der Waals surface area (Å²) >= 11 is 0. The van der Waals surface area contributed by atoms with E-state index in [0.29, 0.717) is 24.6 Å². The number of benzene rings is 1. The number of amides is 1. The Balaban J connectivity index is 1.67. The van der Waals surface area contributed by atoms with Gasteiger partial charge in [0.1, 0.15) is 0 Å². The quantitative estimate of drug-likeness (QED) is 0.805. The van der Waals surface area contributed by atoms with Gasteiger partial charge in [-0.2, -0.15) is 4.31 Å². The molecule has 0 bridgehead atoms. The van der Waals surface area contributed by atoms with Crippen molar-refractivity contribution in [3.8, 4) is 0 Å². The predicted octanol–water partition coefficient (Wildman–Crippen LogP) is 2.32. The maximum atomic E-state index is 12.9. The molecule has 2 saturated heterocycles. The van der Waals surface area contributed by atoms with Gasteiger partial charge >= 0.3 is 0 Å². The summed E-state index contributed by atoms with van der Waals surface area (Å²) < 4.78 is 27.3. The number of hydrogen-bond donors (Lipinski definition) is 1. The maximum absolute atomic E-state index is 12.9. The first kappa shape index (κ1) is 20.3. The summed E-state index contributed by atoms with van der Waals surface area (Å²) in [5.41, 5.74) is 0.474. The first-order valence-electron chi connectivity index (χ1n) is 10.1. The molecule has 7 heteroatoms. The zero-order valence-corrected chi connectivity index (χ0v) is 17.0. The number of hydrogen-bond acceptors (Lipinski definition) is 4. The molecule has 0 saturated carbocycles. The minimum absolute atomic E-state index is 0.0576. The van der Waals surface area contributed by atoms with Gasteiger partial charge in [-0.15, -0.1) is 0 Å². The van der Waals surface area contributed by atoms with Crippen LogP contribution in [0.2, 0.25) is 0 Å². The molecule has 2 heterocycles. The number of rotatable bonds is 6. The Kier molecular flexibility index (Phi) is 6.89. The molecule has 1 aromatic rings. The highest BCUT2D eigenvalue weighted by Crippen LogP contribution is 2.24. The largest absolute Gasteiger partial charge is 0.339 e. The summed E-state index contributed by atoms with van der Waals surface area (Å²) in [5.74, 6) is 0.602. The summed E-state index contributed by atoms with van der Waals surface area (Å²) in [4.78, 5) is 15.0. The topological polar surface area (TPSA) is 69.7 Å². The van der Waals surface area contributed by atoms with Gasteiger partial charge in [0, 0.05) is 31.7 Å². The van der Waals surface area contributed by atoms with E-state index >= 15 is 0 Å². The Morgan fingerprint density at radius 3 is 2.48 bits per heavy atom. The van der Waals surface area contributed by atoms with Crippen LogP contribution in [0.4, 0.5) is 0 Å². The number of carbonyl (C=O) groups is 1. The summed E-state index contributed by atoms with van der Waals surface area (Å²) in [6, 6.07) is 6.57. The lowest BCUT2D eigenvalue weighted by molar-refractivity contribution is 0.0687. The molecule has 2 aliphatic heterocycles. The fourth-order valence-corrected chi connectivity index (χ4v) is 5.56. The zero-order chi connectivity index (χ0) is 19.3. The van der Waals surface area contributed by atoms with Gasteiger partial charge in [0.2, 0.25) is 10.0 Å². The molecule has 6 nitrogen and oxygen atoms in total. The fourth-order valence-electron chi connectivity index (χ4n) is 4.00. The van der Waals surface area contributed by atoms with Gasteiger partial charge in [-0.3, -0.25) is 4.79 Å². The second-order valence-electron chi connectivity index (χ2n) is 7.62. The van der Waals surface area contributed by atoms with Crippen molar-refractivity contribution < 1.29 is 13.2 Å². The first-order valence-corrected chi connectivity index (χ1v) is 11.5. The third-order valence-corrected chi connectivity index (χ3v) is 7.63. The van der Waals surface area contributed by atoms with Crippen molar-refractivity contribution in [1.82, 2.24) is 14.5 Å². The number of piperidine rings is 2. The lowest BCUT2D eigenvalue weighted by atomic mass is 9.93. The van der Waals surface area contributed by atoms with E-state index in [1.165, 1.54) is 0 Å². The smallest absolute Gasteiger partial charge is 0.253 e. The van der Waals surface area contributed by atoms with Gasteiger partial charge < -0.3 is 10.2 Å². The fraction of sp³-hybridized carbons (Fsp3) is 0.650. The van der Waals surface area contributed by atoms with Crippen molar-refractivity contribution in [2.45, 2.75) is 43.4 Å². The molecule has 3 rings (SSSR count). The molecule has 1 aromatic carbocycles. The molecule has 0 atom stereocenters. The summed E-state index contributed by atoms with van der Waals surface area (Å²) in [7, 11) is -1.55. The van der Waals surface area contributed by atoms with E-state index in [2.05, 4.69) is 5.32 Å². The zero-order valence-electron chi connectivity index (χ0n) is 16.2. The van der Waals surface area contributed by atoms with Gasteiger partial charge in [-0.05, 0) is 69.8 Å². The van der Waals surface area contributed by atoms with Crippen LogP contribution in [0.1, 0.15) is 48.9 Å². The van der Waals surface area contributed by atoms with E-state index in [1.54, 1.807) is 28.6 Å². The van der Waals surface area contributed by atoms with E-state index < -0.39 is 10.0 Å². The van der Waals surface area contributed by atoms with Crippen LogP contribution in [-0.4, -0.2) is 63.3 Å². The molecular formula is C20H31N3O3S. The van der Waals surface area contributed by atoms with Crippen molar-refractivity contribution in [3.63, 3.8) is 0 Å². The van der Waals surface area contributed by atoms with Crippen LogP contribution in [0.3, 0.4) is 0 Å². The summed E-state index contributed by atoms with van der Waals surface area (Å²) in [5, 5.41) is 3.18. The lowest BCUT2D eigenvalue weighted by Crippen LogP contribution is -2.39. The van der Waals surface area contributed by atoms with Crippen LogP contribution in [-0.2, 0) is 10.0 Å². The highest BCUT2D eigenvalue weighted by molar-refractivity contribution is 7.89. The number of sulfonamides is 1. The van der Waals surface area contributed by atoms with Crippen LogP contribution >= 0.6 is 0 Å². The average Bonchev–Trinajstić information content (AvgIpc) is 2.73. The second-order valence-corrected chi connectivity index (χ2v) is 9.56. The van der Waals surface area contributed by atoms with E-state index in [9.17, 15) is 13.2 Å². The average molecular weight is 394 g/mol. The van der Waals surface area contributed by atoms with E-state index in [0.717, 1.165) is 58.2 Å².